The summed E-state index contributed by atoms with van der Waals surface area (Å²) in [5.74, 6) is 0.0500. The third kappa shape index (κ3) is 3.47. The van der Waals surface area contributed by atoms with Crippen LogP contribution in [0.15, 0.2) is 22.7 Å². The lowest BCUT2D eigenvalue weighted by Crippen LogP contribution is -2.32. The SMILES string of the molecule is Fc1ccc(Br)cc1OCC1(CBr)CCCCC1. The third-order valence-corrected chi connectivity index (χ3v) is 5.31. The van der Waals surface area contributed by atoms with Crippen LogP contribution >= 0.6 is 31.9 Å². The van der Waals surface area contributed by atoms with Gasteiger partial charge in [0.1, 0.15) is 0 Å². The van der Waals surface area contributed by atoms with Crippen LogP contribution in [0.5, 0.6) is 5.75 Å². The lowest BCUT2D eigenvalue weighted by atomic mass is 9.76. The molecule has 0 aliphatic heterocycles. The average Bonchev–Trinajstić information content (AvgIpc) is 2.41. The summed E-state index contributed by atoms with van der Waals surface area (Å²) < 4.78 is 20.2. The molecule has 0 N–H and O–H groups in total. The molecule has 0 unspecified atom stereocenters. The first kappa shape index (κ1) is 14.3. The monoisotopic (exact) mass is 378 g/mol. The number of hydrogen-bond donors (Lipinski definition) is 0. The van der Waals surface area contributed by atoms with Crippen LogP contribution in [-0.2, 0) is 0 Å². The van der Waals surface area contributed by atoms with Gasteiger partial charge in [-0.3, -0.25) is 0 Å². The van der Waals surface area contributed by atoms with E-state index in [-0.39, 0.29) is 11.2 Å². The van der Waals surface area contributed by atoms with Gasteiger partial charge in [-0.15, -0.1) is 0 Å². The maximum absolute atomic E-state index is 13.6. The standard InChI is InChI=1S/C14H17Br2FO/c15-9-14(6-2-1-3-7-14)10-18-13-8-11(16)4-5-12(13)17/h4-5,8H,1-3,6-7,9-10H2. The number of alkyl halides is 1. The smallest absolute Gasteiger partial charge is 0.165 e. The van der Waals surface area contributed by atoms with Crippen LogP contribution in [0.3, 0.4) is 0 Å². The van der Waals surface area contributed by atoms with Gasteiger partial charge in [0.15, 0.2) is 11.6 Å². The molecule has 0 spiro atoms. The highest BCUT2D eigenvalue weighted by Crippen LogP contribution is 2.38. The van der Waals surface area contributed by atoms with E-state index in [0.717, 1.165) is 22.6 Å². The highest BCUT2D eigenvalue weighted by Gasteiger charge is 2.32. The van der Waals surface area contributed by atoms with Crippen LogP contribution in [0.25, 0.3) is 0 Å². The van der Waals surface area contributed by atoms with Crippen molar-refractivity contribution in [2.75, 3.05) is 11.9 Å². The van der Waals surface area contributed by atoms with Crippen LogP contribution < -0.4 is 4.74 Å². The number of hydrogen-bond acceptors (Lipinski definition) is 1. The van der Waals surface area contributed by atoms with Gasteiger partial charge < -0.3 is 4.74 Å². The van der Waals surface area contributed by atoms with Crippen LogP contribution in [-0.4, -0.2) is 11.9 Å². The van der Waals surface area contributed by atoms with Crippen LogP contribution in [0, 0.1) is 11.2 Å². The predicted molar refractivity (Wildman–Crippen MR) is 78.9 cm³/mol. The minimum Gasteiger partial charge on any atom is -0.490 e. The average molecular weight is 380 g/mol. The Kier molecular flexibility index (Phi) is 5.07. The fourth-order valence-corrected chi connectivity index (χ4v) is 3.50. The summed E-state index contributed by atoms with van der Waals surface area (Å²) in [6.45, 7) is 0.589. The van der Waals surface area contributed by atoms with Crippen molar-refractivity contribution in [3.63, 3.8) is 0 Å². The van der Waals surface area contributed by atoms with Crippen molar-refractivity contribution in [1.82, 2.24) is 0 Å². The molecule has 0 aromatic heterocycles. The van der Waals surface area contributed by atoms with Crippen molar-refractivity contribution in [1.29, 1.82) is 0 Å². The molecule has 1 aliphatic rings. The first-order valence-corrected chi connectivity index (χ1v) is 8.20. The largest absolute Gasteiger partial charge is 0.490 e. The van der Waals surface area contributed by atoms with E-state index in [9.17, 15) is 4.39 Å². The highest BCUT2D eigenvalue weighted by molar-refractivity contribution is 9.10. The van der Waals surface area contributed by atoms with E-state index in [1.54, 1.807) is 12.1 Å². The van der Waals surface area contributed by atoms with Crippen molar-refractivity contribution in [3.8, 4) is 5.75 Å². The van der Waals surface area contributed by atoms with E-state index in [2.05, 4.69) is 31.9 Å². The first-order valence-electron chi connectivity index (χ1n) is 6.29. The van der Waals surface area contributed by atoms with Crippen molar-refractivity contribution >= 4 is 31.9 Å². The molecule has 18 heavy (non-hydrogen) atoms. The summed E-state index contributed by atoms with van der Waals surface area (Å²) in [4.78, 5) is 0. The molecule has 1 aliphatic carbocycles. The van der Waals surface area contributed by atoms with E-state index in [0.29, 0.717) is 12.4 Å². The van der Waals surface area contributed by atoms with E-state index in [4.69, 9.17) is 4.74 Å². The highest BCUT2D eigenvalue weighted by atomic mass is 79.9. The second kappa shape index (κ2) is 6.38. The summed E-state index contributed by atoms with van der Waals surface area (Å²) in [5, 5.41) is 0.926. The molecule has 0 radical (unpaired) electrons. The van der Waals surface area contributed by atoms with E-state index in [1.807, 2.05) is 0 Å². The molecule has 2 rings (SSSR count). The van der Waals surface area contributed by atoms with E-state index in [1.165, 1.54) is 25.3 Å². The van der Waals surface area contributed by atoms with Gasteiger partial charge in [-0.2, -0.15) is 0 Å². The number of benzene rings is 1. The first-order chi connectivity index (χ1) is 8.65. The normalized spacial score (nSPS) is 18.6. The molecule has 1 saturated carbocycles. The van der Waals surface area contributed by atoms with Gasteiger partial charge >= 0.3 is 0 Å². The van der Waals surface area contributed by atoms with Crippen molar-refractivity contribution in [2.45, 2.75) is 32.1 Å². The molecule has 0 saturated heterocycles. The Balaban J connectivity index is 2.03. The summed E-state index contributed by atoms with van der Waals surface area (Å²) in [7, 11) is 0. The lowest BCUT2D eigenvalue weighted by molar-refractivity contribution is 0.118. The Labute approximate surface area is 124 Å². The number of halogens is 3. The van der Waals surface area contributed by atoms with Crippen molar-refractivity contribution < 1.29 is 9.13 Å². The molecule has 1 aromatic rings. The van der Waals surface area contributed by atoms with E-state index < -0.39 is 0 Å². The topological polar surface area (TPSA) is 9.23 Å². The van der Waals surface area contributed by atoms with Gasteiger partial charge in [0, 0.05) is 15.2 Å². The molecule has 1 fully saturated rings. The zero-order chi connectivity index (χ0) is 13.0. The van der Waals surface area contributed by atoms with Crippen LogP contribution in [0.1, 0.15) is 32.1 Å². The third-order valence-electron chi connectivity index (χ3n) is 3.62. The Morgan fingerprint density at radius 2 is 1.94 bits per heavy atom. The zero-order valence-corrected chi connectivity index (χ0v) is 13.4. The molecular weight excluding hydrogens is 363 g/mol. The van der Waals surface area contributed by atoms with Gasteiger partial charge in [-0.05, 0) is 31.0 Å². The van der Waals surface area contributed by atoms with Gasteiger partial charge in [-0.1, -0.05) is 51.1 Å². The molecule has 0 amide bonds. The number of rotatable bonds is 4. The summed E-state index contributed by atoms with van der Waals surface area (Å²) in [5.41, 5.74) is 0.174. The summed E-state index contributed by atoms with van der Waals surface area (Å²) in [6.07, 6.45) is 6.12. The second-order valence-electron chi connectivity index (χ2n) is 5.06. The molecule has 1 aromatic carbocycles. The zero-order valence-electron chi connectivity index (χ0n) is 10.2. The maximum Gasteiger partial charge on any atom is 0.165 e. The van der Waals surface area contributed by atoms with Crippen molar-refractivity contribution in [2.24, 2.45) is 5.41 Å². The van der Waals surface area contributed by atoms with Crippen LogP contribution in [0.4, 0.5) is 4.39 Å². The van der Waals surface area contributed by atoms with Gasteiger partial charge in [0.05, 0.1) is 6.61 Å². The number of ether oxygens (including phenoxy) is 1. The second-order valence-corrected chi connectivity index (χ2v) is 6.53. The predicted octanol–water partition coefficient (Wildman–Crippen LogP) is 5.31. The Bertz CT molecular complexity index is 403. The fraction of sp³-hybridized carbons (Fsp3) is 0.571. The minimum absolute atomic E-state index is 0.174. The molecule has 0 atom stereocenters. The lowest BCUT2D eigenvalue weighted by Gasteiger charge is -2.35. The summed E-state index contributed by atoms with van der Waals surface area (Å²) in [6, 6.07) is 4.81. The molecule has 4 heteroatoms. The van der Waals surface area contributed by atoms with Gasteiger partial charge in [0.2, 0.25) is 0 Å². The van der Waals surface area contributed by atoms with E-state index >= 15 is 0 Å². The van der Waals surface area contributed by atoms with Crippen LogP contribution in [0.2, 0.25) is 0 Å². The Morgan fingerprint density at radius 3 is 2.61 bits per heavy atom. The molecule has 0 bridgehead atoms. The maximum atomic E-state index is 13.6. The minimum atomic E-state index is -0.293. The molecule has 0 heterocycles. The van der Waals surface area contributed by atoms with Gasteiger partial charge in [-0.25, -0.2) is 4.39 Å². The Morgan fingerprint density at radius 1 is 1.22 bits per heavy atom. The van der Waals surface area contributed by atoms with Gasteiger partial charge in [0.25, 0.3) is 0 Å². The Hall–Kier alpha value is -0.0900. The fourth-order valence-electron chi connectivity index (χ4n) is 2.44. The molecular formula is C14H17Br2FO. The quantitative estimate of drug-likeness (QED) is 0.644. The van der Waals surface area contributed by atoms with Crippen molar-refractivity contribution in [3.05, 3.63) is 28.5 Å². The summed E-state index contributed by atoms with van der Waals surface area (Å²) >= 11 is 6.93. The molecule has 100 valence electrons. The molecule has 1 nitrogen and oxygen atoms in total.